The van der Waals surface area contributed by atoms with E-state index in [4.69, 9.17) is 9.47 Å². The lowest BCUT2D eigenvalue weighted by Gasteiger charge is -2.39. The van der Waals surface area contributed by atoms with E-state index in [0.717, 1.165) is 5.56 Å². The number of carbonyl (C=O) groups is 4. The lowest BCUT2D eigenvalue weighted by molar-refractivity contribution is -0.161. The average Bonchev–Trinajstić information content (AvgIpc) is 3.71. The first-order valence-corrected chi connectivity index (χ1v) is 18.3. The number of hydrogen-bond donors (Lipinski definition) is 2. The van der Waals surface area contributed by atoms with Crippen molar-refractivity contribution in [1.82, 2.24) is 15.1 Å². The zero-order chi connectivity index (χ0) is 36.0. The predicted octanol–water partition coefficient (Wildman–Crippen LogP) is 4.72. The van der Waals surface area contributed by atoms with Gasteiger partial charge in [0.1, 0.15) is 17.7 Å². The number of benzene rings is 2. The third kappa shape index (κ3) is 7.60. The first kappa shape index (κ1) is 37.5. The second kappa shape index (κ2) is 16.5. The van der Waals surface area contributed by atoms with Crippen molar-refractivity contribution < 1.29 is 33.8 Å². The Kier molecular flexibility index (Phi) is 12.3. The third-order valence-electron chi connectivity index (χ3n) is 9.95. The molecule has 11 heteroatoms. The Morgan fingerprint density at radius 3 is 2.42 bits per heavy atom. The Morgan fingerprint density at radius 2 is 1.80 bits per heavy atom. The van der Waals surface area contributed by atoms with Crippen LogP contribution in [0.5, 0.6) is 0 Å². The fraction of sp³-hybridized carbons (Fsp3) is 0.487. The maximum Gasteiger partial charge on any atom is 0.313 e. The first-order valence-electron chi connectivity index (χ1n) is 17.4. The topological polar surface area (TPSA) is 125 Å². The molecule has 50 heavy (non-hydrogen) atoms. The van der Waals surface area contributed by atoms with E-state index >= 15 is 0 Å². The van der Waals surface area contributed by atoms with Gasteiger partial charge in [0.2, 0.25) is 17.7 Å². The van der Waals surface area contributed by atoms with E-state index in [0.29, 0.717) is 24.8 Å². The van der Waals surface area contributed by atoms with E-state index in [1.54, 1.807) is 17.1 Å². The van der Waals surface area contributed by atoms with E-state index in [9.17, 15) is 24.3 Å². The quantitative estimate of drug-likeness (QED) is 0.136. The largest absolute Gasteiger partial charge is 0.455 e. The SMILES string of the molecule is C=CCCC(=O)NC[C@H](OC(=O)[C@H]1[C@@H]2O[C@@]3(CC2Br)[C@@H]1C(=O)N([C@@H](CO)CC(C)C)[C@@H]3C(=O)N(CC=C)Cc1ccccc1)c1ccccc1. The molecule has 3 fully saturated rings. The minimum atomic E-state index is -1.33. The zero-order valence-electron chi connectivity index (χ0n) is 28.8. The van der Waals surface area contributed by atoms with Crippen LogP contribution >= 0.6 is 15.9 Å². The van der Waals surface area contributed by atoms with Crippen LogP contribution in [-0.4, -0.2) is 86.9 Å². The molecule has 3 saturated heterocycles. The molecule has 2 aromatic rings. The van der Waals surface area contributed by atoms with E-state index in [-0.39, 0.29) is 55.2 Å². The monoisotopic (exact) mass is 749 g/mol. The number of nitrogens with one attached hydrogen (secondary N) is 1. The molecule has 1 unspecified atom stereocenters. The van der Waals surface area contributed by atoms with Gasteiger partial charge in [-0.3, -0.25) is 19.2 Å². The number of amides is 3. The van der Waals surface area contributed by atoms with Gasteiger partial charge in [0.15, 0.2) is 0 Å². The lowest BCUT2D eigenvalue weighted by Crippen LogP contribution is -2.59. The van der Waals surface area contributed by atoms with E-state index in [2.05, 4.69) is 34.4 Å². The Labute approximate surface area is 303 Å². The van der Waals surface area contributed by atoms with E-state index in [1.165, 1.54) is 4.90 Å². The Hall–Kier alpha value is -3.80. The number of aliphatic hydroxyl groups is 1. The molecule has 0 aromatic heterocycles. The molecule has 8 atom stereocenters. The van der Waals surface area contributed by atoms with Crippen LogP contribution < -0.4 is 5.32 Å². The van der Waals surface area contributed by atoms with Crippen LogP contribution in [0.1, 0.15) is 56.8 Å². The predicted molar refractivity (Wildman–Crippen MR) is 193 cm³/mol. The second-order valence-corrected chi connectivity index (χ2v) is 15.0. The van der Waals surface area contributed by atoms with Crippen LogP contribution in [-0.2, 0) is 35.2 Å². The lowest BCUT2D eigenvalue weighted by atomic mass is 9.70. The molecular formula is C39H48BrN3O7. The fourth-order valence-corrected chi connectivity index (χ4v) is 8.78. The van der Waals surface area contributed by atoms with Crippen LogP contribution in [0.2, 0.25) is 0 Å². The minimum absolute atomic E-state index is 0.0374. The number of nitrogens with zero attached hydrogens (tertiary/aromatic N) is 2. The maximum absolute atomic E-state index is 14.8. The van der Waals surface area contributed by atoms with Crippen LogP contribution in [0.4, 0.5) is 0 Å². The number of ether oxygens (including phenoxy) is 2. The first-order chi connectivity index (χ1) is 24.1. The molecule has 1 spiro atoms. The number of likely N-dealkylation sites (tertiary alicyclic amines) is 1. The number of carbonyl (C=O) groups excluding carboxylic acids is 4. The molecule has 3 aliphatic heterocycles. The summed E-state index contributed by atoms with van der Waals surface area (Å²) in [6, 6.07) is 16.9. The normalized spacial score (nSPS) is 26.3. The number of aliphatic hydroxyl groups excluding tert-OH is 1. The molecule has 0 aliphatic carbocycles. The Bertz CT molecular complexity index is 1540. The molecule has 0 saturated carbocycles. The molecule has 3 aliphatic rings. The summed E-state index contributed by atoms with van der Waals surface area (Å²) < 4.78 is 12.9. The van der Waals surface area contributed by atoms with Crippen molar-refractivity contribution in [2.24, 2.45) is 17.8 Å². The van der Waals surface area contributed by atoms with Gasteiger partial charge in [-0.1, -0.05) is 103 Å². The summed E-state index contributed by atoms with van der Waals surface area (Å²) in [4.78, 5) is 59.3. The van der Waals surface area contributed by atoms with Crippen LogP contribution in [0, 0.1) is 17.8 Å². The van der Waals surface area contributed by atoms with Gasteiger partial charge >= 0.3 is 5.97 Å². The standard InChI is InChI=1S/C39H48BrN3O7/c1-5-7-18-31(45)41-22-30(27-16-12-9-13-17-27)49-38(48)32-33-36(46)43(28(24-44)20-25(3)4)35(39(33)21-29(40)34(32)50-39)37(47)42(19-6-2)23-26-14-10-8-11-15-26/h5-6,8-17,25,28-30,32-35,44H,1-2,7,18-24H2,3-4H3,(H,41,45)/t28-,29?,30+,32-,33+,34-,35-,39+/m1/s1. The highest BCUT2D eigenvalue weighted by Crippen LogP contribution is 2.61. The van der Waals surface area contributed by atoms with Crippen molar-refractivity contribution >= 4 is 39.6 Å². The van der Waals surface area contributed by atoms with Crippen molar-refractivity contribution in [2.45, 2.75) is 80.8 Å². The number of allylic oxidation sites excluding steroid dienone is 1. The maximum atomic E-state index is 14.8. The fourth-order valence-electron chi connectivity index (χ4n) is 7.84. The molecule has 10 nitrogen and oxygen atoms in total. The minimum Gasteiger partial charge on any atom is -0.455 e. The Balaban J connectivity index is 1.50. The molecule has 2 N–H and O–H groups in total. The van der Waals surface area contributed by atoms with Gasteiger partial charge in [-0.2, -0.15) is 0 Å². The highest BCUT2D eigenvalue weighted by molar-refractivity contribution is 9.09. The molecule has 5 rings (SSSR count). The Morgan fingerprint density at radius 1 is 1.12 bits per heavy atom. The van der Waals surface area contributed by atoms with Crippen molar-refractivity contribution in [3.63, 3.8) is 0 Å². The molecule has 2 aromatic carbocycles. The van der Waals surface area contributed by atoms with Crippen LogP contribution in [0.25, 0.3) is 0 Å². The number of fused-ring (bicyclic) bond motifs is 1. The molecule has 0 radical (unpaired) electrons. The van der Waals surface area contributed by atoms with E-state index in [1.807, 2.05) is 74.5 Å². The van der Waals surface area contributed by atoms with Gasteiger partial charge < -0.3 is 29.7 Å². The molecule has 3 amide bonds. The number of alkyl halides is 1. The molecule has 3 heterocycles. The summed E-state index contributed by atoms with van der Waals surface area (Å²) in [6.45, 7) is 11.7. The van der Waals surface area contributed by atoms with Gasteiger partial charge in [-0.25, -0.2) is 0 Å². The highest BCUT2D eigenvalue weighted by atomic mass is 79.9. The van der Waals surface area contributed by atoms with Crippen molar-refractivity contribution in [3.05, 3.63) is 97.1 Å². The number of esters is 1. The van der Waals surface area contributed by atoms with E-state index < -0.39 is 53.6 Å². The van der Waals surface area contributed by atoms with Gasteiger partial charge in [-0.05, 0) is 36.3 Å². The summed E-state index contributed by atoms with van der Waals surface area (Å²) in [6.07, 6.45) is 3.29. The average molecular weight is 751 g/mol. The summed E-state index contributed by atoms with van der Waals surface area (Å²) in [5, 5.41) is 13.5. The van der Waals surface area contributed by atoms with Crippen molar-refractivity contribution in [1.29, 1.82) is 0 Å². The number of halogens is 1. The number of rotatable bonds is 17. The smallest absolute Gasteiger partial charge is 0.313 e. The second-order valence-electron chi connectivity index (χ2n) is 13.8. The molecular weight excluding hydrogens is 702 g/mol. The van der Waals surface area contributed by atoms with Gasteiger partial charge in [0.25, 0.3) is 0 Å². The summed E-state index contributed by atoms with van der Waals surface area (Å²) in [5.41, 5.74) is 0.261. The molecule has 268 valence electrons. The van der Waals surface area contributed by atoms with Gasteiger partial charge in [0.05, 0.1) is 37.1 Å². The van der Waals surface area contributed by atoms with Gasteiger partial charge in [-0.15, -0.1) is 13.2 Å². The van der Waals surface area contributed by atoms with Crippen molar-refractivity contribution in [2.75, 3.05) is 19.7 Å². The van der Waals surface area contributed by atoms with Crippen molar-refractivity contribution in [3.8, 4) is 0 Å². The zero-order valence-corrected chi connectivity index (χ0v) is 30.4. The summed E-state index contributed by atoms with van der Waals surface area (Å²) in [7, 11) is 0. The van der Waals surface area contributed by atoms with Gasteiger partial charge in [0, 0.05) is 24.3 Å². The number of hydrogen-bond acceptors (Lipinski definition) is 7. The molecule has 2 bridgehead atoms. The van der Waals surface area contributed by atoms with Crippen LogP contribution in [0.3, 0.4) is 0 Å². The van der Waals surface area contributed by atoms with Crippen LogP contribution in [0.15, 0.2) is 86.0 Å². The highest BCUT2D eigenvalue weighted by Gasteiger charge is 2.77. The summed E-state index contributed by atoms with van der Waals surface area (Å²) in [5.74, 6) is -3.50. The summed E-state index contributed by atoms with van der Waals surface area (Å²) >= 11 is 3.73. The third-order valence-corrected chi connectivity index (χ3v) is 10.8.